The Kier molecular flexibility index (Phi) is 4.78. The number of likely N-dealkylation sites (tertiary alicyclic amines) is 1. The molecule has 1 aliphatic carbocycles. The van der Waals surface area contributed by atoms with E-state index in [4.69, 9.17) is 9.84 Å². The summed E-state index contributed by atoms with van der Waals surface area (Å²) in [5.41, 5.74) is -1.26. The highest BCUT2D eigenvalue weighted by atomic mass is 19.1. The van der Waals surface area contributed by atoms with E-state index in [0.29, 0.717) is 13.1 Å². The smallest absolute Gasteiger partial charge is 0.410 e. The molecule has 148 valence electrons. The molecule has 27 heavy (non-hydrogen) atoms. The molecule has 0 aromatic heterocycles. The zero-order chi connectivity index (χ0) is 20.0. The molecule has 3 rings (SSSR count). The Morgan fingerprint density at radius 2 is 1.85 bits per heavy atom. The normalized spacial score (nSPS) is 24.6. The predicted octanol–water partition coefficient (Wildman–Crippen LogP) is 3.86. The maximum absolute atomic E-state index is 13.8. The van der Waals surface area contributed by atoms with Gasteiger partial charge in [0.15, 0.2) is 0 Å². The highest BCUT2D eigenvalue weighted by molar-refractivity contribution is 5.88. The molecule has 6 nitrogen and oxygen atoms in total. The van der Waals surface area contributed by atoms with Crippen molar-refractivity contribution in [2.24, 2.45) is 5.41 Å². The molecule has 2 N–H and O–H groups in total. The van der Waals surface area contributed by atoms with E-state index in [1.165, 1.54) is 0 Å². The first kappa shape index (κ1) is 19.4. The molecule has 1 saturated heterocycles. The van der Waals surface area contributed by atoms with Crippen molar-refractivity contribution in [2.45, 2.75) is 51.7 Å². The van der Waals surface area contributed by atoms with Crippen molar-refractivity contribution in [1.29, 1.82) is 0 Å². The van der Waals surface area contributed by atoms with Gasteiger partial charge in [-0.1, -0.05) is 0 Å². The number of aromatic carboxylic acids is 1. The molecule has 0 unspecified atom stereocenters. The van der Waals surface area contributed by atoms with Crippen LogP contribution in [0.1, 0.15) is 50.4 Å². The predicted molar refractivity (Wildman–Crippen MR) is 94.8 cm³/mol. The average molecular weight is 382 g/mol. The number of carboxylic acid groups (broad SMARTS) is 1. The second-order valence-corrected chi connectivity index (χ2v) is 8.52. The monoisotopic (exact) mass is 382 g/mol. The molecule has 8 heteroatoms. The lowest BCUT2D eigenvalue weighted by atomic mass is 9.65. The number of rotatable bonds is 3. The zero-order valence-corrected chi connectivity index (χ0v) is 15.6. The van der Waals surface area contributed by atoms with Crippen LogP contribution in [0.15, 0.2) is 12.1 Å². The summed E-state index contributed by atoms with van der Waals surface area (Å²) in [4.78, 5) is 24.7. The van der Waals surface area contributed by atoms with Gasteiger partial charge in [0.25, 0.3) is 0 Å². The fourth-order valence-electron chi connectivity index (χ4n) is 3.93. The summed E-state index contributed by atoms with van der Waals surface area (Å²) in [7, 11) is 0. The molecular formula is C19H24F2N2O4. The Morgan fingerprint density at radius 1 is 1.26 bits per heavy atom. The van der Waals surface area contributed by atoms with E-state index >= 15 is 0 Å². The third-order valence-corrected chi connectivity index (χ3v) is 5.08. The fraction of sp³-hybridized carbons (Fsp3) is 0.579. The Bertz CT molecular complexity index is 746. The van der Waals surface area contributed by atoms with Gasteiger partial charge in [-0.05, 0) is 57.6 Å². The van der Waals surface area contributed by atoms with Gasteiger partial charge in [0.2, 0.25) is 0 Å². The highest BCUT2D eigenvalue weighted by Crippen LogP contribution is 2.49. The summed E-state index contributed by atoms with van der Waals surface area (Å²) in [5.74, 6) is -3.83. The van der Waals surface area contributed by atoms with Crippen molar-refractivity contribution in [3.8, 4) is 0 Å². The summed E-state index contributed by atoms with van der Waals surface area (Å²) in [6, 6.07) is 2.02. The van der Waals surface area contributed by atoms with Gasteiger partial charge in [-0.25, -0.2) is 18.4 Å². The Balaban J connectivity index is 1.56. The van der Waals surface area contributed by atoms with Crippen LogP contribution in [0.4, 0.5) is 19.3 Å². The first-order valence-electron chi connectivity index (χ1n) is 8.95. The molecule has 1 aromatic rings. The van der Waals surface area contributed by atoms with E-state index in [1.807, 2.05) is 20.8 Å². The lowest BCUT2D eigenvalue weighted by Crippen LogP contribution is -2.47. The van der Waals surface area contributed by atoms with Crippen LogP contribution in [-0.4, -0.2) is 46.8 Å². The van der Waals surface area contributed by atoms with Crippen LogP contribution in [0.2, 0.25) is 0 Å². The number of nitrogens with zero attached hydrogens (tertiary/aromatic N) is 1. The molecule has 0 bridgehead atoms. The van der Waals surface area contributed by atoms with Crippen LogP contribution >= 0.6 is 0 Å². The largest absolute Gasteiger partial charge is 0.477 e. The molecule has 1 amide bonds. The number of hydrogen-bond donors (Lipinski definition) is 2. The molecule has 1 saturated carbocycles. The molecule has 1 aliphatic heterocycles. The number of nitrogens with one attached hydrogen (secondary N) is 1. The third kappa shape index (κ3) is 4.14. The van der Waals surface area contributed by atoms with Crippen molar-refractivity contribution in [3.05, 3.63) is 29.3 Å². The van der Waals surface area contributed by atoms with Crippen molar-refractivity contribution < 1.29 is 28.2 Å². The number of ether oxygens (including phenoxy) is 1. The minimum atomic E-state index is -1.63. The average Bonchev–Trinajstić information content (AvgIpc) is 2.89. The van der Waals surface area contributed by atoms with Gasteiger partial charge in [0.05, 0.1) is 0 Å². The van der Waals surface area contributed by atoms with Crippen molar-refractivity contribution >= 4 is 17.7 Å². The number of carboxylic acids is 1. The molecule has 1 spiro atoms. The van der Waals surface area contributed by atoms with Crippen LogP contribution in [-0.2, 0) is 4.74 Å². The van der Waals surface area contributed by atoms with Crippen LogP contribution in [0, 0.1) is 17.0 Å². The van der Waals surface area contributed by atoms with Crippen molar-refractivity contribution in [1.82, 2.24) is 4.90 Å². The summed E-state index contributed by atoms with van der Waals surface area (Å²) in [5, 5.41) is 11.9. The lowest BCUT2D eigenvalue weighted by Gasteiger charge is -2.45. The van der Waals surface area contributed by atoms with Gasteiger partial charge >= 0.3 is 12.1 Å². The topological polar surface area (TPSA) is 78.9 Å². The lowest BCUT2D eigenvalue weighted by molar-refractivity contribution is 0.0237. The maximum atomic E-state index is 13.8. The third-order valence-electron chi connectivity index (χ3n) is 5.08. The number of anilines is 1. The number of amides is 1. The molecular weight excluding hydrogens is 358 g/mol. The summed E-state index contributed by atoms with van der Waals surface area (Å²) in [6.07, 6.45) is 2.10. The van der Waals surface area contributed by atoms with E-state index in [9.17, 15) is 18.4 Å². The van der Waals surface area contributed by atoms with E-state index in [0.717, 1.165) is 31.4 Å². The van der Waals surface area contributed by atoms with Crippen LogP contribution < -0.4 is 5.32 Å². The molecule has 0 radical (unpaired) electrons. The minimum Gasteiger partial charge on any atom is -0.477 e. The van der Waals surface area contributed by atoms with Gasteiger partial charge in [-0.3, -0.25) is 0 Å². The van der Waals surface area contributed by atoms with Gasteiger partial charge in [-0.15, -0.1) is 0 Å². The number of carbonyl (C=O) groups excluding carboxylic acids is 1. The SMILES string of the molecule is CC(C)(C)OC(=O)N1CCC2(CC(Nc3cc(F)c(C(=O)O)c(F)c3)C2)C1. The van der Waals surface area contributed by atoms with Gasteiger partial charge in [0, 0.05) is 24.8 Å². The van der Waals surface area contributed by atoms with Crippen molar-refractivity contribution in [3.63, 3.8) is 0 Å². The minimum absolute atomic E-state index is 0.00661. The maximum Gasteiger partial charge on any atom is 0.410 e. The summed E-state index contributed by atoms with van der Waals surface area (Å²) < 4.78 is 33.0. The summed E-state index contributed by atoms with van der Waals surface area (Å²) >= 11 is 0. The van der Waals surface area contributed by atoms with Gasteiger partial charge in [0.1, 0.15) is 22.8 Å². The standard InChI is InChI=1S/C19H24F2N2O4/c1-18(2,3)27-17(26)23-5-4-19(10-23)8-12(9-19)22-11-6-13(20)15(16(24)25)14(21)7-11/h6-7,12,22H,4-5,8-10H2,1-3H3,(H,24,25). The van der Waals surface area contributed by atoms with E-state index < -0.39 is 28.8 Å². The Morgan fingerprint density at radius 3 is 2.37 bits per heavy atom. The molecule has 2 aliphatic rings. The highest BCUT2D eigenvalue weighted by Gasteiger charge is 2.50. The van der Waals surface area contributed by atoms with E-state index in [1.54, 1.807) is 4.90 Å². The van der Waals surface area contributed by atoms with Crippen LogP contribution in [0.3, 0.4) is 0 Å². The summed E-state index contributed by atoms with van der Waals surface area (Å²) in [6.45, 7) is 6.73. The van der Waals surface area contributed by atoms with E-state index in [2.05, 4.69) is 5.32 Å². The van der Waals surface area contributed by atoms with Crippen LogP contribution in [0.25, 0.3) is 0 Å². The second kappa shape index (κ2) is 6.65. The second-order valence-electron chi connectivity index (χ2n) is 8.52. The van der Waals surface area contributed by atoms with E-state index in [-0.39, 0.29) is 23.2 Å². The number of hydrogen-bond acceptors (Lipinski definition) is 4. The molecule has 1 aromatic carbocycles. The Hall–Kier alpha value is -2.38. The quantitative estimate of drug-likeness (QED) is 0.830. The molecule has 1 heterocycles. The van der Waals surface area contributed by atoms with Gasteiger partial charge in [-0.2, -0.15) is 0 Å². The van der Waals surface area contributed by atoms with Crippen LogP contribution in [0.5, 0.6) is 0 Å². The fourth-order valence-corrected chi connectivity index (χ4v) is 3.93. The zero-order valence-electron chi connectivity index (χ0n) is 15.6. The number of halogens is 2. The van der Waals surface area contributed by atoms with Gasteiger partial charge < -0.3 is 20.1 Å². The van der Waals surface area contributed by atoms with Crippen molar-refractivity contribution in [2.75, 3.05) is 18.4 Å². The molecule has 2 fully saturated rings. The number of carbonyl (C=O) groups is 2. The Labute approximate surface area is 156 Å². The molecule has 0 atom stereocenters. The number of benzene rings is 1. The first-order valence-corrected chi connectivity index (χ1v) is 8.95. The first-order chi connectivity index (χ1) is 12.5.